The van der Waals surface area contributed by atoms with Gasteiger partial charge >= 0.3 is 6.18 Å². The predicted molar refractivity (Wildman–Crippen MR) is 65.8 cm³/mol. The Bertz CT molecular complexity index is 626. The molecule has 0 aliphatic heterocycles. The first-order valence-corrected chi connectivity index (χ1v) is 5.41. The third kappa shape index (κ3) is 2.17. The molecule has 0 aliphatic carbocycles. The molecule has 0 aliphatic rings. The molecule has 7 heteroatoms. The monoisotopic (exact) mass is 271 g/mol. The van der Waals surface area contributed by atoms with Gasteiger partial charge in [0.1, 0.15) is 17.0 Å². The summed E-state index contributed by atoms with van der Waals surface area (Å²) < 4.78 is 43.9. The van der Waals surface area contributed by atoms with Crippen molar-refractivity contribution in [3.63, 3.8) is 0 Å². The fourth-order valence-corrected chi connectivity index (χ4v) is 1.98. The highest BCUT2D eigenvalue weighted by Gasteiger charge is 2.36. The van der Waals surface area contributed by atoms with Crippen molar-refractivity contribution in [1.29, 1.82) is 0 Å². The van der Waals surface area contributed by atoms with Crippen LogP contribution in [0.1, 0.15) is 11.3 Å². The molecule has 2 rings (SSSR count). The number of aromatic nitrogens is 1. The van der Waals surface area contributed by atoms with Gasteiger partial charge in [-0.15, -0.1) is 0 Å². The number of hydrogen-bond donors (Lipinski definition) is 2. The van der Waals surface area contributed by atoms with Crippen LogP contribution in [0, 0.1) is 6.92 Å². The number of hydrazine groups is 1. The number of anilines is 1. The third-order valence-corrected chi connectivity index (χ3v) is 2.85. The zero-order chi connectivity index (χ0) is 14.2. The van der Waals surface area contributed by atoms with Crippen LogP contribution in [0.5, 0.6) is 5.75 Å². The Balaban J connectivity index is 2.91. The first-order valence-electron chi connectivity index (χ1n) is 5.41. The van der Waals surface area contributed by atoms with E-state index >= 15 is 0 Å². The van der Waals surface area contributed by atoms with Crippen molar-refractivity contribution in [3.05, 3.63) is 29.5 Å². The summed E-state index contributed by atoms with van der Waals surface area (Å²) in [5.41, 5.74) is 1.60. The number of rotatable bonds is 2. The van der Waals surface area contributed by atoms with Crippen molar-refractivity contribution in [2.75, 3.05) is 12.5 Å². The number of alkyl halides is 3. The van der Waals surface area contributed by atoms with Crippen LogP contribution in [0.2, 0.25) is 0 Å². The third-order valence-electron chi connectivity index (χ3n) is 2.85. The fraction of sp³-hybridized carbons (Fsp3) is 0.250. The van der Waals surface area contributed by atoms with E-state index in [0.29, 0.717) is 5.39 Å². The Kier molecular flexibility index (Phi) is 3.23. The minimum atomic E-state index is -4.55. The van der Waals surface area contributed by atoms with Crippen LogP contribution in [0.25, 0.3) is 10.9 Å². The SMILES string of the molecule is COc1cccc2c(NN)c(C)c(C(F)(F)F)nc12. The molecule has 4 nitrogen and oxygen atoms in total. The van der Waals surface area contributed by atoms with Gasteiger partial charge < -0.3 is 10.2 Å². The highest BCUT2D eigenvalue weighted by Crippen LogP contribution is 2.38. The molecule has 1 heterocycles. The number of nitrogens with two attached hydrogens (primary N) is 1. The highest BCUT2D eigenvalue weighted by atomic mass is 19.4. The van der Waals surface area contributed by atoms with Gasteiger partial charge in [-0.2, -0.15) is 13.2 Å². The van der Waals surface area contributed by atoms with Gasteiger partial charge in [0, 0.05) is 10.9 Å². The fourth-order valence-electron chi connectivity index (χ4n) is 1.98. The molecule has 102 valence electrons. The number of fused-ring (bicyclic) bond motifs is 1. The van der Waals surface area contributed by atoms with Gasteiger partial charge in [0.2, 0.25) is 0 Å². The largest absolute Gasteiger partial charge is 0.494 e. The normalized spacial score (nSPS) is 11.7. The minimum absolute atomic E-state index is 0.0456. The number of nitrogen functional groups attached to an aromatic ring is 1. The average molecular weight is 271 g/mol. The van der Waals surface area contributed by atoms with Gasteiger partial charge in [0.15, 0.2) is 0 Å². The van der Waals surface area contributed by atoms with Crippen LogP contribution < -0.4 is 16.0 Å². The number of hydrogen-bond acceptors (Lipinski definition) is 4. The molecule has 0 bridgehead atoms. The second kappa shape index (κ2) is 4.58. The number of nitrogens with zero attached hydrogens (tertiary/aromatic N) is 1. The second-order valence-corrected chi connectivity index (χ2v) is 3.96. The van der Waals surface area contributed by atoms with Gasteiger partial charge in [-0.3, -0.25) is 5.84 Å². The maximum Gasteiger partial charge on any atom is 0.433 e. The topological polar surface area (TPSA) is 60.2 Å². The molecule has 2 aromatic rings. The van der Waals surface area contributed by atoms with Crippen molar-refractivity contribution < 1.29 is 17.9 Å². The maximum atomic E-state index is 13.0. The molecular weight excluding hydrogens is 259 g/mol. The van der Waals surface area contributed by atoms with E-state index in [1.165, 1.54) is 14.0 Å². The van der Waals surface area contributed by atoms with E-state index in [1.54, 1.807) is 18.2 Å². The lowest BCUT2D eigenvalue weighted by molar-refractivity contribution is -0.141. The van der Waals surface area contributed by atoms with Crippen molar-refractivity contribution >= 4 is 16.6 Å². The van der Waals surface area contributed by atoms with E-state index in [4.69, 9.17) is 10.6 Å². The summed E-state index contributed by atoms with van der Waals surface area (Å²) in [4.78, 5) is 3.68. The van der Waals surface area contributed by atoms with Crippen LogP contribution in [-0.2, 0) is 6.18 Å². The number of benzene rings is 1. The lowest BCUT2D eigenvalue weighted by Crippen LogP contribution is -2.16. The Morgan fingerprint density at radius 2 is 2.00 bits per heavy atom. The van der Waals surface area contributed by atoms with Crippen LogP contribution in [0.3, 0.4) is 0 Å². The van der Waals surface area contributed by atoms with E-state index in [0.717, 1.165) is 0 Å². The first kappa shape index (κ1) is 13.4. The summed E-state index contributed by atoms with van der Waals surface area (Å²) in [6.45, 7) is 1.32. The summed E-state index contributed by atoms with van der Waals surface area (Å²) in [5.74, 6) is 5.60. The number of methoxy groups -OCH3 is 1. The van der Waals surface area contributed by atoms with E-state index in [-0.39, 0.29) is 22.5 Å². The molecule has 0 atom stereocenters. The Morgan fingerprint density at radius 3 is 2.53 bits per heavy atom. The van der Waals surface area contributed by atoms with Crippen LogP contribution in [0.15, 0.2) is 18.2 Å². The van der Waals surface area contributed by atoms with Gasteiger partial charge in [-0.05, 0) is 13.0 Å². The van der Waals surface area contributed by atoms with Crippen LogP contribution in [-0.4, -0.2) is 12.1 Å². The van der Waals surface area contributed by atoms with Gasteiger partial charge in [-0.1, -0.05) is 12.1 Å². The lowest BCUT2D eigenvalue weighted by Gasteiger charge is -2.16. The Labute approximate surface area is 107 Å². The van der Waals surface area contributed by atoms with Crippen molar-refractivity contribution in [1.82, 2.24) is 4.98 Å². The molecular formula is C12H12F3N3O. The number of ether oxygens (including phenoxy) is 1. The maximum absolute atomic E-state index is 13.0. The van der Waals surface area contributed by atoms with Gasteiger partial charge in [0.05, 0.1) is 12.8 Å². The van der Waals surface area contributed by atoms with E-state index in [2.05, 4.69) is 10.4 Å². The number of para-hydroxylation sites is 1. The van der Waals surface area contributed by atoms with Gasteiger partial charge in [0.25, 0.3) is 0 Å². The molecule has 1 aromatic heterocycles. The zero-order valence-corrected chi connectivity index (χ0v) is 10.3. The predicted octanol–water partition coefficient (Wildman–Crippen LogP) is 2.86. The minimum Gasteiger partial charge on any atom is -0.494 e. The summed E-state index contributed by atoms with van der Waals surface area (Å²) in [6.07, 6.45) is -4.55. The zero-order valence-electron chi connectivity index (χ0n) is 10.3. The molecule has 0 spiro atoms. The molecule has 0 saturated carbocycles. The van der Waals surface area contributed by atoms with E-state index < -0.39 is 11.9 Å². The molecule has 0 unspecified atom stereocenters. The Hall–Kier alpha value is -2.02. The summed E-state index contributed by atoms with van der Waals surface area (Å²) in [6, 6.07) is 4.84. The van der Waals surface area contributed by atoms with E-state index in [9.17, 15) is 13.2 Å². The molecule has 0 fully saturated rings. The highest BCUT2D eigenvalue weighted by molar-refractivity contribution is 5.96. The molecule has 1 aromatic carbocycles. The van der Waals surface area contributed by atoms with Crippen LogP contribution in [0.4, 0.5) is 18.9 Å². The van der Waals surface area contributed by atoms with Crippen molar-refractivity contribution in [2.24, 2.45) is 5.84 Å². The molecule has 0 amide bonds. The summed E-state index contributed by atoms with van der Waals surface area (Å²) >= 11 is 0. The van der Waals surface area contributed by atoms with Crippen LogP contribution >= 0.6 is 0 Å². The lowest BCUT2D eigenvalue weighted by atomic mass is 10.1. The smallest absolute Gasteiger partial charge is 0.433 e. The number of nitrogens with one attached hydrogen (secondary N) is 1. The summed E-state index contributed by atoms with van der Waals surface area (Å²) in [5, 5.41) is 0.479. The molecule has 0 saturated heterocycles. The summed E-state index contributed by atoms with van der Waals surface area (Å²) in [7, 11) is 1.37. The van der Waals surface area contributed by atoms with Gasteiger partial charge in [-0.25, -0.2) is 4.98 Å². The van der Waals surface area contributed by atoms with Crippen molar-refractivity contribution in [2.45, 2.75) is 13.1 Å². The quantitative estimate of drug-likeness (QED) is 0.651. The standard InChI is InChI=1S/C12H12F3N3O/c1-6-9(18-16)7-4-3-5-8(19-2)10(7)17-11(6)12(13,14)15/h3-5H,16H2,1-2H3,(H,17,18). The molecule has 3 N–H and O–H groups in total. The molecule has 19 heavy (non-hydrogen) atoms. The second-order valence-electron chi connectivity index (χ2n) is 3.96. The van der Waals surface area contributed by atoms with Crippen molar-refractivity contribution in [3.8, 4) is 5.75 Å². The number of pyridine rings is 1. The Morgan fingerprint density at radius 1 is 1.32 bits per heavy atom. The number of halogens is 3. The van der Waals surface area contributed by atoms with E-state index in [1.807, 2.05) is 0 Å². The average Bonchev–Trinajstić information content (AvgIpc) is 2.35. The first-order chi connectivity index (χ1) is 8.90. The molecule has 0 radical (unpaired) electrons.